The lowest BCUT2D eigenvalue weighted by atomic mass is 10.2. The van der Waals surface area contributed by atoms with Crippen LogP contribution in [0.4, 0.5) is 0 Å². The molecule has 1 aromatic rings. The second kappa shape index (κ2) is 5.95. The van der Waals surface area contributed by atoms with Gasteiger partial charge in [0.2, 0.25) is 0 Å². The molecule has 0 amide bonds. The number of rotatable bonds is 4. The van der Waals surface area contributed by atoms with Crippen molar-refractivity contribution in [3.05, 3.63) is 23.8 Å². The molecule has 0 heterocycles. The third kappa shape index (κ3) is 4.20. The molecule has 6 heteroatoms. The minimum absolute atomic E-state index is 0.122. The highest BCUT2D eigenvalue weighted by molar-refractivity contribution is 5.77. The first kappa shape index (κ1) is 13.1. The molecule has 0 saturated carbocycles. The van der Waals surface area contributed by atoms with Crippen molar-refractivity contribution in [3.63, 3.8) is 0 Å². The molecule has 17 heavy (non-hydrogen) atoms. The maximum Gasteiger partial charge on any atom is 0.192 e. The molecule has 0 unspecified atom stereocenters. The Kier molecular flexibility index (Phi) is 4.59. The fraction of sp³-hybridized carbons (Fsp3) is 0.364. The SMILES string of the molecule is CN(C)C(N)=NCNCc1ccc(O)c(O)c1. The van der Waals surface area contributed by atoms with E-state index in [-0.39, 0.29) is 11.5 Å². The van der Waals surface area contributed by atoms with Crippen LogP contribution in [0.15, 0.2) is 23.2 Å². The van der Waals surface area contributed by atoms with Gasteiger partial charge in [0.05, 0.1) is 6.67 Å². The number of benzene rings is 1. The quantitative estimate of drug-likeness (QED) is 0.257. The lowest BCUT2D eigenvalue weighted by Gasteiger charge is -2.10. The van der Waals surface area contributed by atoms with Crippen molar-refractivity contribution in [1.29, 1.82) is 0 Å². The number of aromatic hydroxyl groups is 2. The summed E-state index contributed by atoms with van der Waals surface area (Å²) in [5.74, 6) is 0.204. The van der Waals surface area contributed by atoms with E-state index in [9.17, 15) is 5.11 Å². The molecule has 0 atom stereocenters. The molecule has 6 nitrogen and oxygen atoms in total. The smallest absolute Gasteiger partial charge is 0.192 e. The summed E-state index contributed by atoms with van der Waals surface area (Å²) in [6.07, 6.45) is 0. The molecular formula is C11H18N4O2. The fourth-order valence-corrected chi connectivity index (χ4v) is 1.16. The Balaban J connectivity index is 2.41. The molecule has 94 valence electrons. The van der Waals surface area contributed by atoms with Gasteiger partial charge in [-0.1, -0.05) is 6.07 Å². The molecular weight excluding hydrogens is 220 g/mol. The van der Waals surface area contributed by atoms with E-state index >= 15 is 0 Å². The summed E-state index contributed by atoms with van der Waals surface area (Å²) in [5.41, 5.74) is 6.46. The zero-order chi connectivity index (χ0) is 12.8. The topological polar surface area (TPSA) is 94.1 Å². The normalized spacial score (nSPS) is 11.5. The van der Waals surface area contributed by atoms with Gasteiger partial charge in [-0.3, -0.25) is 5.32 Å². The number of hydrogen-bond donors (Lipinski definition) is 4. The Morgan fingerprint density at radius 3 is 2.65 bits per heavy atom. The molecule has 0 aromatic heterocycles. The maximum absolute atomic E-state index is 9.29. The minimum atomic E-state index is -0.124. The van der Waals surface area contributed by atoms with E-state index in [1.165, 1.54) is 12.1 Å². The van der Waals surface area contributed by atoms with Crippen LogP contribution < -0.4 is 11.1 Å². The monoisotopic (exact) mass is 238 g/mol. The van der Waals surface area contributed by atoms with Crippen LogP contribution in [-0.2, 0) is 6.54 Å². The molecule has 0 fully saturated rings. The number of nitrogens with zero attached hydrogens (tertiary/aromatic N) is 2. The molecule has 0 aliphatic heterocycles. The molecule has 0 aliphatic rings. The second-order valence-electron chi connectivity index (χ2n) is 3.82. The molecule has 1 aromatic carbocycles. The van der Waals surface area contributed by atoms with Crippen molar-refractivity contribution in [2.24, 2.45) is 10.7 Å². The van der Waals surface area contributed by atoms with E-state index in [4.69, 9.17) is 10.8 Å². The van der Waals surface area contributed by atoms with Crippen molar-refractivity contribution in [1.82, 2.24) is 10.2 Å². The van der Waals surface area contributed by atoms with Crippen LogP contribution in [0.3, 0.4) is 0 Å². The van der Waals surface area contributed by atoms with Gasteiger partial charge >= 0.3 is 0 Å². The predicted octanol–water partition coefficient (Wildman–Crippen LogP) is 0.0212. The maximum atomic E-state index is 9.29. The summed E-state index contributed by atoms with van der Waals surface area (Å²) >= 11 is 0. The lowest BCUT2D eigenvalue weighted by molar-refractivity contribution is 0.403. The average molecular weight is 238 g/mol. The second-order valence-corrected chi connectivity index (χ2v) is 3.82. The first-order valence-electron chi connectivity index (χ1n) is 5.19. The number of nitrogens with one attached hydrogen (secondary N) is 1. The molecule has 0 radical (unpaired) electrons. The highest BCUT2D eigenvalue weighted by Gasteiger charge is 2.00. The summed E-state index contributed by atoms with van der Waals surface area (Å²) in [4.78, 5) is 5.79. The van der Waals surface area contributed by atoms with Crippen LogP contribution in [0.1, 0.15) is 5.56 Å². The van der Waals surface area contributed by atoms with Gasteiger partial charge in [0.25, 0.3) is 0 Å². The Labute approximate surface area is 100 Å². The van der Waals surface area contributed by atoms with Crippen molar-refractivity contribution >= 4 is 5.96 Å². The predicted molar refractivity (Wildman–Crippen MR) is 66.8 cm³/mol. The summed E-state index contributed by atoms with van der Waals surface area (Å²) in [7, 11) is 3.63. The van der Waals surface area contributed by atoms with E-state index in [1.807, 2.05) is 14.1 Å². The standard InChI is InChI=1S/C11H18N4O2/c1-15(2)11(12)14-7-13-6-8-3-4-9(16)10(17)5-8/h3-5,13,16-17H,6-7H2,1-2H3,(H2,12,14). The number of phenolic OH excluding ortho intramolecular Hbond substituents is 2. The highest BCUT2D eigenvalue weighted by Crippen LogP contribution is 2.24. The van der Waals surface area contributed by atoms with Crippen LogP contribution in [0.25, 0.3) is 0 Å². The summed E-state index contributed by atoms with van der Waals surface area (Å²) in [5, 5.41) is 21.5. The highest BCUT2D eigenvalue weighted by atomic mass is 16.3. The number of guanidine groups is 1. The number of nitrogens with two attached hydrogens (primary N) is 1. The van der Waals surface area contributed by atoms with Crippen LogP contribution in [0.2, 0.25) is 0 Å². The summed E-state index contributed by atoms with van der Waals surface area (Å²) in [6.45, 7) is 0.934. The lowest BCUT2D eigenvalue weighted by Crippen LogP contribution is -2.31. The third-order valence-electron chi connectivity index (χ3n) is 2.18. The van der Waals surface area contributed by atoms with E-state index in [0.717, 1.165) is 5.56 Å². The number of aliphatic imine (C=N–C) groups is 1. The Morgan fingerprint density at radius 2 is 2.06 bits per heavy atom. The van der Waals surface area contributed by atoms with Crippen LogP contribution in [0, 0.1) is 0 Å². The molecule has 0 aliphatic carbocycles. The van der Waals surface area contributed by atoms with Gasteiger partial charge in [0.15, 0.2) is 17.5 Å². The van der Waals surface area contributed by atoms with Gasteiger partial charge in [-0.2, -0.15) is 0 Å². The van der Waals surface area contributed by atoms with E-state index < -0.39 is 0 Å². The zero-order valence-corrected chi connectivity index (χ0v) is 10.0. The van der Waals surface area contributed by atoms with E-state index in [0.29, 0.717) is 19.2 Å². The van der Waals surface area contributed by atoms with Crippen molar-refractivity contribution in [2.75, 3.05) is 20.8 Å². The van der Waals surface area contributed by atoms with E-state index in [2.05, 4.69) is 10.3 Å². The average Bonchev–Trinajstić information content (AvgIpc) is 2.28. The zero-order valence-electron chi connectivity index (χ0n) is 10.0. The Morgan fingerprint density at radius 1 is 1.35 bits per heavy atom. The largest absolute Gasteiger partial charge is 0.504 e. The van der Waals surface area contributed by atoms with Crippen molar-refractivity contribution < 1.29 is 10.2 Å². The third-order valence-corrected chi connectivity index (χ3v) is 2.18. The van der Waals surface area contributed by atoms with Crippen molar-refractivity contribution in [3.8, 4) is 11.5 Å². The van der Waals surface area contributed by atoms with Crippen LogP contribution in [0.5, 0.6) is 11.5 Å². The number of hydrogen-bond acceptors (Lipinski definition) is 4. The summed E-state index contributed by atoms with van der Waals surface area (Å²) < 4.78 is 0. The summed E-state index contributed by atoms with van der Waals surface area (Å²) in [6, 6.07) is 4.67. The van der Waals surface area contributed by atoms with Gasteiger partial charge in [-0.05, 0) is 17.7 Å². The van der Waals surface area contributed by atoms with Crippen molar-refractivity contribution in [2.45, 2.75) is 6.54 Å². The van der Waals surface area contributed by atoms with Gasteiger partial charge in [0.1, 0.15) is 0 Å². The minimum Gasteiger partial charge on any atom is -0.504 e. The molecule has 0 bridgehead atoms. The van der Waals surface area contributed by atoms with Gasteiger partial charge < -0.3 is 20.8 Å². The fourth-order valence-electron chi connectivity index (χ4n) is 1.16. The first-order chi connectivity index (χ1) is 8.00. The molecule has 0 spiro atoms. The molecule has 1 rings (SSSR count). The first-order valence-corrected chi connectivity index (χ1v) is 5.19. The van der Waals surface area contributed by atoms with Gasteiger partial charge in [0, 0.05) is 20.6 Å². The molecule has 0 saturated heterocycles. The molecule has 5 N–H and O–H groups in total. The van der Waals surface area contributed by atoms with Crippen LogP contribution >= 0.6 is 0 Å². The number of phenols is 2. The Bertz CT molecular complexity index is 404. The van der Waals surface area contributed by atoms with Gasteiger partial charge in [-0.25, -0.2) is 4.99 Å². The van der Waals surface area contributed by atoms with E-state index in [1.54, 1.807) is 11.0 Å². The van der Waals surface area contributed by atoms with Gasteiger partial charge in [-0.15, -0.1) is 0 Å². The Hall–Kier alpha value is -1.95. The van der Waals surface area contributed by atoms with Crippen LogP contribution in [-0.4, -0.2) is 41.8 Å².